The number of H-pyrrole nitrogens is 1. The minimum atomic E-state index is -3.86. The summed E-state index contributed by atoms with van der Waals surface area (Å²) in [7, 11) is -3.86. The number of sulfonamides is 1. The molecule has 3 N–H and O–H groups in total. The van der Waals surface area contributed by atoms with E-state index in [1.54, 1.807) is 30.5 Å². The van der Waals surface area contributed by atoms with Crippen LogP contribution < -0.4 is 10.0 Å². The van der Waals surface area contributed by atoms with Crippen molar-refractivity contribution in [3.05, 3.63) is 66.7 Å². The number of nitrogens with zero attached hydrogens (tertiary/aromatic N) is 2. The third kappa shape index (κ3) is 3.58. The minimum absolute atomic E-state index is 0.0146. The Bertz CT molecular complexity index is 940. The van der Waals surface area contributed by atoms with Crippen molar-refractivity contribution >= 4 is 27.6 Å². The van der Waals surface area contributed by atoms with Crippen LogP contribution in [0.15, 0.2) is 66.0 Å². The molecular weight excluding hydrogens is 330 g/mol. The van der Waals surface area contributed by atoms with Gasteiger partial charge in [0.25, 0.3) is 15.9 Å². The fourth-order valence-corrected chi connectivity index (χ4v) is 2.95. The predicted octanol–water partition coefficient (Wildman–Crippen LogP) is 1.86. The first-order valence-electron chi connectivity index (χ1n) is 6.89. The fraction of sp³-hybridized carbons (Fsp3) is 0. The summed E-state index contributed by atoms with van der Waals surface area (Å²) in [4.78, 5) is 22.4. The monoisotopic (exact) mass is 343 g/mol. The molecule has 0 fully saturated rings. The highest BCUT2D eigenvalue weighted by Crippen LogP contribution is 2.18. The second-order valence-electron chi connectivity index (χ2n) is 4.74. The molecule has 0 atom stereocenters. The van der Waals surface area contributed by atoms with E-state index in [9.17, 15) is 13.2 Å². The van der Waals surface area contributed by atoms with Crippen molar-refractivity contribution in [1.29, 1.82) is 0 Å². The number of hydrogen-bond acceptors (Lipinski definition) is 5. The molecule has 0 saturated carbocycles. The molecule has 122 valence electrons. The molecule has 1 amide bonds. The highest BCUT2D eigenvalue weighted by molar-refractivity contribution is 7.92. The van der Waals surface area contributed by atoms with E-state index in [0.29, 0.717) is 11.4 Å². The van der Waals surface area contributed by atoms with Crippen LogP contribution in [0.4, 0.5) is 11.6 Å². The first-order chi connectivity index (χ1) is 11.5. The zero-order valence-corrected chi connectivity index (χ0v) is 13.1. The van der Waals surface area contributed by atoms with E-state index >= 15 is 0 Å². The lowest BCUT2D eigenvalue weighted by Crippen LogP contribution is -2.16. The molecule has 3 aromatic rings. The van der Waals surface area contributed by atoms with Crippen molar-refractivity contribution in [2.24, 2.45) is 0 Å². The van der Waals surface area contributed by atoms with Gasteiger partial charge in [0.05, 0.1) is 4.90 Å². The summed E-state index contributed by atoms with van der Waals surface area (Å²) in [6, 6.07) is 10.8. The number of hydrogen-bond donors (Lipinski definition) is 3. The van der Waals surface area contributed by atoms with E-state index in [1.807, 2.05) is 0 Å². The Morgan fingerprint density at radius 1 is 1.04 bits per heavy atom. The molecule has 9 heteroatoms. The molecule has 1 aromatic carbocycles. The number of aromatic nitrogens is 3. The van der Waals surface area contributed by atoms with Crippen LogP contribution >= 0.6 is 0 Å². The van der Waals surface area contributed by atoms with Crippen LogP contribution in [0, 0.1) is 0 Å². The van der Waals surface area contributed by atoms with Crippen molar-refractivity contribution in [2.45, 2.75) is 4.90 Å². The highest BCUT2D eigenvalue weighted by atomic mass is 32.2. The molecule has 24 heavy (non-hydrogen) atoms. The molecule has 0 bridgehead atoms. The lowest BCUT2D eigenvalue weighted by Gasteiger charge is -2.09. The summed E-state index contributed by atoms with van der Waals surface area (Å²) >= 11 is 0. The third-order valence-corrected chi connectivity index (χ3v) is 4.36. The van der Waals surface area contributed by atoms with Gasteiger partial charge in [-0.25, -0.2) is 23.1 Å². The first kappa shape index (κ1) is 15.7. The third-order valence-electron chi connectivity index (χ3n) is 3.04. The van der Waals surface area contributed by atoms with E-state index in [4.69, 9.17) is 0 Å². The maximum absolute atomic E-state index is 12.4. The lowest BCUT2D eigenvalue weighted by molar-refractivity contribution is 0.102. The molecule has 2 heterocycles. The van der Waals surface area contributed by atoms with Gasteiger partial charge >= 0.3 is 0 Å². The van der Waals surface area contributed by atoms with Crippen LogP contribution in [0.2, 0.25) is 0 Å². The van der Waals surface area contributed by atoms with Gasteiger partial charge in [0.2, 0.25) is 5.95 Å². The molecule has 8 nitrogen and oxygen atoms in total. The van der Waals surface area contributed by atoms with Crippen LogP contribution in [0.3, 0.4) is 0 Å². The van der Waals surface area contributed by atoms with Gasteiger partial charge in [-0.2, -0.15) is 0 Å². The Labute approximate surface area is 138 Å². The van der Waals surface area contributed by atoms with Gasteiger partial charge in [-0.05, 0) is 36.4 Å². The van der Waals surface area contributed by atoms with Crippen molar-refractivity contribution in [3.8, 4) is 0 Å². The van der Waals surface area contributed by atoms with E-state index in [-0.39, 0.29) is 16.8 Å². The molecule has 0 saturated heterocycles. The van der Waals surface area contributed by atoms with Gasteiger partial charge in [0, 0.05) is 24.3 Å². The van der Waals surface area contributed by atoms with Gasteiger partial charge in [0.1, 0.15) is 5.69 Å². The number of amides is 1. The zero-order chi connectivity index (χ0) is 17.0. The number of anilines is 2. The largest absolute Gasteiger partial charge is 0.357 e. The number of carbonyl (C=O) groups excluding carboxylic acids is 1. The quantitative estimate of drug-likeness (QED) is 0.654. The minimum Gasteiger partial charge on any atom is -0.357 e. The van der Waals surface area contributed by atoms with E-state index < -0.39 is 10.0 Å². The Kier molecular flexibility index (Phi) is 4.25. The first-order valence-corrected chi connectivity index (χ1v) is 8.37. The fourth-order valence-electron chi connectivity index (χ4n) is 1.94. The summed E-state index contributed by atoms with van der Waals surface area (Å²) in [5, 5.41) is 2.63. The Balaban J connectivity index is 1.81. The molecule has 2 aromatic heterocycles. The van der Waals surface area contributed by atoms with E-state index in [0.717, 1.165) is 0 Å². The number of rotatable bonds is 5. The van der Waals surface area contributed by atoms with E-state index in [2.05, 4.69) is 25.0 Å². The Morgan fingerprint density at radius 2 is 1.83 bits per heavy atom. The summed E-state index contributed by atoms with van der Waals surface area (Å²) < 4.78 is 27.0. The van der Waals surface area contributed by atoms with Crippen molar-refractivity contribution in [1.82, 2.24) is 15.0 Å². The van der Waals surface area contributed by atoms with Crippen LogP contribution in [0.25, 0.3) is 0 Å². The smallest absolute Gasteiger partial charge is 0.272 e. The van der Waals surface area contributed by atoms with Crippen LogP contribution in [0.1, 0.15) is 10.5 Å². The molecule has 0 radical (unpaired) electrons. The Morgan fingerprint density at radius 3 is 2.54 bits per heavy atom. The van der Waals surface area contributed by atoms with Gasteiger partial charge in [-0.1, -0.05) is 6.07 Å². The van der Waals surface area contributed by atoms with Crippen molar-refractivity contribution < 1.29 is 13.2 Å². The standard InChI is InChI=1S/C15H13N5O3S/c21-14(13-6-2-7-16-13)19-11-4-1-5-12(10-11)24(22,23)20-15-17-8-3-9-18-15/h1-10,16H,(H,19,21)(H,17,18,20). The van der Waals surface area contributed by atoms with Gasteiger partial charge in [-0.3, -0.25) is 4.79 Å². The number of nitrogens with one attached hydrogen (secondary N) is 3. The molecule has 0 spiro atoms. The number of aromatic amines is 1. The normalized spacial score (nSPS) is 11.0. The number of benzene rings is 1. The van der Waals surface area contributed by atoms with Gasteiger partial charge < -0.3 is 10.3 Å². The topological polar surface area (TPSA) is 117 Å². The maximum atomic E-state index is 12.4. The highest BCUT2D eigenvalue weighted by Gasteiger charge is 2.16. The van der Waals surface area contributed by atoms with Gasteiger partial charge in [-0.15, -0.1) is 0 Å². The van der Waals surface area contributed by atoms with Crippen molar-refractivity contribution in [3.63, 3.8) is 0 Å². The number of carbonyl (C=O) groups is 1. The maximum Gasteiger partial charge on any atom is 0.272 e. The second kappa shape index (κ2) is 6.50. The summed E-state index contributed by atoms with van der Waals surface area (Å²) in [5.41, 5.74) is 0.727. The van der Waals surface area contributed by atoms with Crippen LogP contribution in [-0.2, 0) is 10.0 Å². The summed E-state index contributed by atoms with van der Waals surface area (Å²) in [5.74, 6) is -0.396. The molecule has 0 aliphatic rings. The Hall–Kier alpha value is -3.20. The van der Waals surface area contributed by atoms with Crippen LogP contribution in [0.5, 0.6) is 0 Å². The average Bonchev–Trinajstić information content (AvgIpc) is 3.10. The molecule has 0 aliphatic carbocycles. The van der Waals surface area contributed by atoms with Gasteiger partial charge in [0.15, 0.2) is 0 Å². The predicted molar refractivity (Wildman–Crippen MR) is 88.0 cm³/mol. The second-order valence-corrected chi connectivity index (χ2v) is 6.43. The van der Waals surface area contributed by atoms with Crippen molar-refractivity contribution in [2.75, 3.05) is 10.0 Å². The lowest BCUT2D eigenvalue weighted by atomic mass is 10.3. The zero-order valence-electron chi connectivity index (χ0n) is 12.3. The van der Waals surface area contributed by atoms with Crippen LogP contribution in [-0.4, -0.2) is 29.3 Å². The summed E-state index contributed by atoms with van der Waals surface area (Å²) in [6.45, 7) is 0. The molecule has 3 rings (SSSR count). The summed E-state index contributed by atoms with van der Waals surface area (Å²) in [6.07, 6.45) is 4.48. The molecule has 0 unspecified atom stereocenters. The molecular formula is C15H13N5O3S. The SMILES string of the molecule is O=C(Nc1cccc(S(=O)(=O)Nc2ncccn2)c1)c1ccc[nH]1. The van der Waals surface area contributed by atoms with E-state index in [1.165, 1.54) is 30.6 Å². The molecule has 0 aliphatic heterocycles. The average molecular weight is 343 g/mol.